The second-order valence-corrected chi connectivity index (χ2v) is 6.48. The molecule has 0 aliphatic rings. The van der Waals surface area contributed by atoms with Crippen molar-refractivity contribution in [2.75, 3.05) is 18.9 Å². The van der Waals surface area contributed by atoms with E-state index in [1.54, 1.807) is 6.92 Å². The fraction of sp³-hybridized carbons (Fsp3) is 0.182. The summed E-state index contributed by atoms with van der Waals surface area (Å²) in [5.74, 6) is -0.650. The van der Waals surface area contributed by atoms with Crippen molar-refractivity contribution in [2.45, 2.75) is 13.0 Å². The molecule has 0 aliphatic heterocycles. The van der Waals surface area contributed by atoms with E-state index in [1.165, 1.54) is 36.2 Å². The van der Waals surface area contributed by atoms with Gasteiger partial charge in [-0.2, -0.15) is 0 Å². The minimum Gasteiger partial charge on any atom is -0.481 e. The Kier molecular flexibility index (Phi) is 5.89. The normalized spacial score (nSPS) is 11.7. The van der Waals surface area contributed by atoms with Gasteiger partial charge in [-0.05, 0) is 42.6 Å². The average molecular weight is 380 g/mol. The summed E-state index contributed by atoms with van der Waals surface area (Å²) in [6, 6.07) is 18.8. The highest BCUT2D eigenvalue weighted by Gasteiger charge is 2.21. The highest BCUT2D eigenvalue weighted by Crippen LogP contribution is 2.22. The van der Waals surface area contributed by atoms with Crippen LogP contribution in [0.3, 0.4) is 0 Å². The topological polar surface area (TPSA) is 58.6 Å². The number of benzene rings is 3. The van der Waals surface area contributed by atoms with Crippen LogP contribution in [-0.4, -0.2) is 36.4 Å². The number of nitrogens with one attached hydrogen (secondary N) is 1. The zero-order chi connectivity index (χ0) is 20.1. The van der Waals surface area contributed by atoms with Gasteiger partial charge in [-0.3, -0.25) is 9.59 Å². The second-order valence-electron chi connectivity index (χ2n) is 6.48. The largest absolute Gasteiger partial charge is 0.481 e. The van der Waals surface area contributed by atoms with Crippen molar-refractivity contribution in [3.05, 3.63) is 72.5 Å². The van der Waals surface area contributed by atoms with E-state index in [1.807, 2.05) is 42.5 Å². The van der Waals surface area contributed by atoms with Crippen molar-refractivity contribution in [3.8, 4) is 5.75 Å². The Morgan fingerprint density at radius 3 is 2.46 bits per heavy atom. The molecule has 2 amide bonds. The predicted molar refractivity (Wildman–Crippen MR) is 107 cm³/mol. The second kappa shape index (κ2) is 8.52. The van der Waals surface area contributed by atoms with Gasteiger partial charge in [0.05, 0.1) is 6.54 Å². The highest BCUT2D eigenvalue weighted by molar-refractivity contribution is 6.03. The zero-order valence-corrected chi connectivity index (χ0v) is 15.7. The number of hydrogen-bond donors (Lipinski definition) is 1. The third kappa shape index (κ3) is 4.65. The van der Waals surface area contributed by atoms with Gasteiger partial charge in [0.15, 0.2) is 6.10 Å². The Bertz CT molecular complexity index is 983. The van der Waals surface area contributed by atoms with Crippen molar-refractivity contribution in [1.82, 2.24) is 4.90 Å². The maximum absolute atomic E-state index is 13.0. The number of amides is 2. The molecule has 3 rings (SSSR count). The van der Waals surface area contributed by atoms with Crippen LogP contribution in [0.4, 0.5) is 10.1 Å². The van der Waals surface area contributed by atoms with Crippen LogP contribution in [0.15, 0.2) is 66.7 Å². The quantitative estimate of drug-likeness (QED) is 0.707. The molecule has 0 radical (unpaired) electrons. The molecule has 5 nitrogen and oxygen atoms in total. The molecule has 6 heteroatoms. The first-order valence-electron chi connectivity index (χ1n) is 8.89. The van der Waals surface area contributed by atoms with E-state index in [-0.39, 0.29) is 24.2 Å². The van der Waals surface area contributed by atoms with Gasteiger partial charge in [0.25, 0.3) is 5.91 Å². The summed E-state index contributed by atoms with van der Waals surface area (Å²) >= 11 is 0. The van der Waals surface area contributed by atoms with Crippen molar-refractivity contribution >= 4 is 28.3 Å². The molecule has 0 aromatic heterocycles. The summed E-state index contributed by atoms with van der Waals surface area (Å²) in [6.07, 6.45) is -0.805. The third-order valence-corrected chi connectivity index (χ3v) is 4.29. The van der Waals surface area contributed by atoms with E-state index >= 15 is 0 Å². The SMILES string of the molecule is C[C@@H](Oc1ccc(F)cc1)C(=O)N(C)CC(=O)Nc1cccc2ccccc12. The number of hydrogen-bond acceptors (Lipinski definition) is 3. The molecule has 0 aliphatic carbocycles. The van der Waals surface area contributed by atoms with Gasteiger partial charge in [-0.1, -0.05) is 36.4 Å². The lowest BCUT2D eigenvalue weighted by atomic mass is 10.1. The van der Waals surface area contributed by atoms with Crippen LogP contribution < -0.4 is 10.1 Å². The van der Waals surface area contributed by atoms with Gasteiger partial charge in [0, 0.05) is 18.1 Å². The summed E-state index contributed by atoms with van der Waals surface area (Å²) in [4.78, 5) is 26.2. The highest BCUT2D eigenvalue weighted by atomic mass is 19.1. The van der Waals surface area contributed by atoms with Crippen LogP contribution in [0.1, 0.15) is 6.92 Å². The lowest BCUT2D eigenvalue weighted by Gasteiger charge is -2.22. The molecule has 1 N–H and O–H groups in total. The Morgan fingerprint density at radius 2 is 1.71 bits per heavy atom. The van der Waals surface area contributed by atoms with Crippen molar-refractivity contribution in [1.29, 1.82) is 0 Å². The maximum Gasteiger partial charge on any atom is 0.263 e. The molecule has 0 bridgehead atoms. The molecule has 1 atom stereocenters. The molecular weight excluding hydrogens is 359 g/mol. The lowest BCUT2D eigenvalue weighted by molar-refractivity contribution is -0.139. The summed E-state index contributed by atoms with van der Waals surface area (Å²) in [6.45, 7) is 1.48. The number of carbonyl (C=O) groups excluding carboxylic acids is 2. The van der Waals surface area contributed by atoms with E-state index < -0.39 is 6.10 Å². The van der Waals surface area contributed by atoms with Gasteiger partial charge < -0.3 is 15.0 Å². The molecule has 3 aromatic rings. The van der Waals surface area contributed by atoms with Crippen LogP contribution in [0.2, 0.25) is 0 Å². The van der Waals surface area contributed by atoms with Gasteiger partial charge in [-0.25, -0.2) is 4.39 Å². The van der Waals surface area contributed by atoms with Crippen LogP contribution in [0.25, 0.3) is 10.8 Å². The number of halogens is 1. The molecular formula is C22H21FN2O3. The molecule has 144 valence electrons. The van der Waals surface area contributed by atoms with E-state index in [9.17, 15) is 14.0 Å². The number of likely N-dealkylation sites (N-methyl/N-ethyl adjacent to an activating group) is 1. The van der Waals surface area contributed by atoms with Crippen LogP contribution >= 0.6 is 0 Å². The number of nitrogens with zero attached hydrogens (tertiary/aromatic N) is 1. The summed E-state index contributed by atoms with van der Waals surface area (Å²) in [7, 11) is 1.54. The summed E-state index contributed by atoms with van der Waals surface area (Å²) in [5.41, 5.74) is 0.694. The maximum atomic E-state index is 13.0. The van der Waals surface area contributed by atoms with Gasteiger partial charge in [0.1, 0.15) is 11.6 Å². The number of ether oxygens (including phenoxy) is 1. The van der Waals surface area contributed by atoms with Crippen LogP contribution in [-0.2, 0) is 9.59 Å². The van der Waals surface area contributed by atoms with Crippen molar-refractivity contribution < 1.29 is 18.7 Å². The number of carbonyl (C=O) groups is 2. The zero-order valence-electron chi connectivity index (χ0n) is 15.7. The fourth-order valence-corrected chi connectivity index (χ4v) is 2.90. The Hall–Kier alpha value is -3.41. The van der Waals surface area contributed by atoms with E-state index in [0.29, 0.717) is 11.4 Å². The van der Waals surface area contributed by atoms with E-state index in [0.717, 1.165) is 10.8 Å². The van der Waals surface area contributed by atoms with Gasteiger partial charge >= 0.3 is 0 Å². The smallest absolute Gasteiger partial charge is 0.263 e. The minimum atomic E-state index is -0.805. The summed E-state index contributed by atoms with van der Waals surface area (Å²) in [5, 5.41) is 4.80. The van der Waals surface area contributed by atoms with E-state index in [4.69, 9.17) is 4.74 Å². The Balaban J connectivity index is 1.59. The molecule has 0 saturated carbocycles. The van der Waals surface area contributed by atoms with E-state index in [2.05, 4.69) is 5.32 Å². The first-order chi connectivity index (χ1) is 13.4. The molecule has 0 heterocycles. The number of rotatable bonds is 6. The predicted octanol–water partition coefficient (Wildman–Crippen LogP) is 3.84. The standard InChI is InChI=1S/C22H21FN2O3/c1-15(28-18-12-10-17(23)11-13-18)22(27)25(2)14-21(26)24-20-9-5-7-16-6-3-4-8-19(16)20/h3-13,15H,14H2,1-2H3,(H,24,26)/t15-/m1/s1. The number of anilines is 1. The van der Waals surface area contributed by atoms with Crippen molar-refractivity contribution in [2.24, 2.45) is 0 Å². The van der Waals surface area contributed by atoms with Gasteiger partial charge in [-0.15, -0.1) is 0 Å². The molecule has 0 unspecified atom stereocenters. The third-order valence-electron chi connectivity index (χ3n) is 4.29. The molecule has 0 spiro atoms. The first-order valence-corrected chi connectivity index (χ1v) is 8.89. The number of fused-ring (bicyclic) bond motifs is 1. The monoisotopic (exact) mass is 380 g/mol. The molecule has 0 fully saturated rings. The molecule has 0 saturated heterocycles. The van der Waals surface area contributed by atoms with Crippen molar-refractivity contribution in [3.63, 3.8) is 0 Å². The van der Waals surface area contributed by atoms with Crippen LogP contribution in [0, 0.1) is 5.82 Å². The van der Waals surface area contributed by atoms with Crippen LogP contribution in [0.5, 0.6) is 5.75 Å². The minimum absolute atomic E-state index is 0.112. The molecule has 28 heavy (non-hydrogen) atoms. The average Bonchev–Trinajstić information content (AvgIpc) is 2.69. The summed E-state index contributed by atoms with van der Waals surface area (Å²) < 4.78 is 18.5. The first kappa shape index (κ1) is 19.4. The Morgan fingerprint density at radius 1 is 1.04 bits per heavy atom. The molecule has 3 aromatic carbocycles. The fourth-order valence-electron chi connectivity index (χ4n) is 2.90. The van der Waals surface area contributed by atoms with Gasteiger partial charge in [0.2, 0.25) is 5.91 Å². The lowest BCUT2D eigenvalue weighted by Crippen LogP contribution is -2.42. The Labute approximate surface area is 162 Å².